The molecule has 0 aromatic heterocycles. The Balaban J connectivity index is 1.46. The number of nitrogens with one attached hydrogen (secondary N) is 1. The van der Waals surface area contributed by atoms with E-state index >= 15 is 0 Å². The predicted molar refractivity (Wildman–Crippen MR) is 89.2 cm³/mol. The van der Waals surface area contributed by atoms with Crippen LogP contribution in [-0.4, -0.2) is 63.1 Å². The summed E-state index contributed by atoms with van der Waals surface area (Å²) in [6, 6.07) is 9.58. The van der Waals surface area contributed by atoms with E-state index < -0.39 is 10.2 Å². The van der Waals surface area contributed by atoms with Crippen LogP contribution in [0.5, 0.6) is 0 Å². The summed E-state index contributed by atoms with van der Waals surface area (Å²) in [5.41, 5.74) is 0.966. The van der Waals surface area contributed by atoms with Crippen LogP contribution in [0, 0.1) is 0 Å². The Kier molecular flexibility index (Phi) is 5.66. The molecule has 0 saturated carbocycles. The largest absolute Gasteiger partial charge is 0.377 e. The molecule has 2 aliphatic heterocycles. The smallest absolute Gasteiger partial charge is 0.279 e. The standard InChI is InChI=1S/C16H25N3O3S/c20-23(21,17-13-15-5-2-1-3-6-15)19-10-8-18(9-11-19)14-16-7-4-12-22-16/h1-3,5-6,16-17H,4,7-14H2/t16-/m0/s1. The molecule has 0 unspecified atom stereocenters. The topological polar surface area (TPSA) is 61.9 Å². The normalized spacial score (nSPS) is 24.1. The lowest BCUT2D eigenvalue weighted by molar-refractivity contribution is 0.0616. The van der Waals surface area contributed by atoms with Crippen molar-refractivity contribution in [1.82, 2.24) is 13.9 Å². The summed E-state index contributed by atoms with van der Waals surface area (Å²) in [7, 11) is -3.41. The van der Waals surface area contributed by atoms with Gasteiger partial charge in [-0.15, -0.1) is 0 Å². The molecule has 3 rings (SSSR count). The van der Waals surface area contributed by atoms with Crippen molar-refractivity contribution in [2.45, 2.75) is 25.5 Å². The Morgan fingerprint density at radius 1 is 1.13 bits per heavy atom. The van der Waals surface area contributed by atoms with Gasteiger partial charge in [0.25, 0.3) is 10.2 Å². The minimum Gasteiger partial charge on any atom is -0.377 e. The molecule has 6 nitrogen and oxygen atoms in total. The zero-order valence-electron chi connectivity index (χ0n) is 13.4. The molecule has 1 atom stereocenters. The third-order valence-corrected chi connectivity index (χ3v) is 6.01. The van der Waals surface area contributed by atoms with Gasteiger partial charge in [-0.2, -0.15) is 17.4 Å². The van der Waals surface area contributed by atoms with E-state index in [1.54, 1.807) is 4.31 Å². The number of nitrogens with zero attached hydrogens (tertiary/aromatic N) is 2. The SMILES string of the molecule is O=S(=O)(NCc1ccccc1)N1CCN(C[C@@H]2CCCO2)CC1. The number of rotatable bonds is 6. The first-order valence-corrected chi connectivity index (χ1v) is 9.70. The summed E-state index contributed by atoms with van der Waals surface area (Å²) in [6.07, 6.45) is 2.59. The van der Waals surface area contributed by atoms with Gasteiger partial charge in [0.1, 0.15) is 0 Å². The average molecular weight is 339 g/mol. The van der Waals surface area contributed by atoms with Gasteiger partial charge in [0, 0.05) is 45.9 Å². The molecule has 0 aliphatic carbocycles. The highest BCUT2D eigenvalue weighted by Gasteiger charge is 2.28. The Hall–Kier alpha value is -0.990. The van der Waals surface area contributed by atoms with Crippen molar-refractivity contribution in [3.8, 4) is 0 Å². The Labute approximate surface area is 138 Å². The molecule has 2 saturated heterocycles. The van der Waals surface area contributed by atoms with E-state index in [0.717, 1.165) is 44.6 Å². The van der Waals surface area contributed by atoms with Gasteiger partial charge < -0.3 is 4.74 Å². The lowest BCUT2D eigenvalue weighted by Crippen LogP contribution is -2.52. The highest BCUT2D eigenvalue weighted by atomic mass is 32.2. The molecule has 1 aromatic carbocycles. The molecule has 1 N–H and O–H groups in total. The number of hydrogen-bond donors (Lipinski definition) is 1. The molecule has 2 aliphatic rings. The van der Waals surface area contributed by atoms with E-state index in [2.05, 4.69) is 9.62 Å². The summed E-state index contributed by atoms with van der Waals surface area (Å²) in [6.45, 7) is 4.74. The molecular formula is C16H25N3O3S. The molecule has 128 valence electrons. The van der Waals surface area contributed by atoms with Gasteiger partial charge in [0.2, 0.25) is 0 Å². The fourth-order valence-electron chi connectivity index (χ4n) is 3.09. The minimum absolute atomic E-state index is 0.328. The summed E-state index contributed by atoms with van der Waals surface area (Å²) in [5.74, 6) is 0. The maximum absolute atomic E-state index is 12.4. The van der Waals surface area contributed by atoms with Crippen LogP contribution in [-0.2, 0) is 21.5 Å². The van der Waals surface area contributed by atoms with Gasteiger partial charge in [0.05, 0.1) is 6.10 Å². The van der Waals surface area contributed by atoms with Gasteiger partial charge in [-0.05, 0) is 18.4 Å². The van der Waals surface area contributed by atoms with Crippen LogP contribution in [0.1, 0.15) is 18.4 Å². The monoisotopic (exact) mass is 339 g/mol. The van der Waals surface area contributed by atoms with Crippen molar-refractivity contribution in [3.05, 3.63) is 35.9 Å². The van der Waals surface area contributed by atoms with Crippen LogP contribution in [0.4, 0.5) is 0 Å². The predicted octanol–water partition coefficient (Wildman–Crippen LogP) is 0.818. The van der Waals surface area contributed by atoms with Crippen LogP contribution in [0.15, 0.2) is 30.3 Å². The summed E-state index contributed by atoms with van der Waals surface area (Å²) in [5, 5.41) is 0. The molecule has 23 heavy (non-hydrogen) atoms. The molecule has 0 bridgehead atoms. The molecule has 0 amide bonds. The first kappa shape index (κ1) is 16.9. The Bertz CT molecular complexity index is 580. The van der Waals surface area contributed by atoms with E-state index in [1.807, 2.05) is 30.3 Å². The van der Waals surface area contributed by atoms with Crippen LogP contribution in [0.25, 0.3) is 0 Å². The van der Waals surface area contributed by atoms with Crippen molar-refractivity contribution in [3.63, 3.8) is 0 Å². The lowest BCUT2D eigenvalue weighted by Gasteiger charge is -2.34. The number of piperazine rings is 1. The summed E-state index contributed by atoms with van der Waals surface area (Å²) in [4.78, 5) is 2.30. The van der Waals surface area contributed by atoms with Gasteiger partial charge in [0.15, 0.2) is 0 Å². The third-order valence-electron chi connectivity index (χ3n) is 4.46. The van der Waals surface area contributed by atoms with Crippen LogP contribution in [0.2, 0.25) is 0 Å². The maximum Gasteiger partial charge on any atom is 0.279 e. The maximum atomic E-state index is 12.4. The first-order chi connectivity index (χ1) is 11.1. The minimum atomic E-state index is -3.41. The van der Waals surface area contributed by atoms with Gasteiger partial charge in [-0.25, -0.2) is 0 Å². The zero-order chi connectivity index (χ0) is 16.1. The first-order valence-electron chi connectivity index (χ1n) is 8.26. The van der Waals surface area contributed by atoms with Crippen molar-refractivity contribution >= 4 is 10.2 Å². The van der Waals surface area contributed by atoms with Crippen molar-refractivity contribution in [2.75, 3.05) is 39.3 Å². The summed E-state index contributed by atoms with van der Waals surface area (Å²) >= 11 is 0. The molecular weight excluding hydrogens is 314 g/mol. The highest BCUT2D eigenvalue weighted by Crippen LogP contribution is 2.15. The van der Waals surface area contributed by atoms with Crippen molar-refractivity contribution in [2.24, 2.45) is 0 Å². The van der Waals surface area contributed by atoms with Crippen LogP contribution in [0.3, 0.4) is 0 Å². The molecule has 1 aromatic rings. The lowest BCUT2D eigenvalue weighted by atomic mass is 10.2. The van der Waals surface area contributed by atoms with Gasteiger partial charge >= 0.3 is 0 Å². The number of hydrogen-bond acceptors (Lipinski definition) is 4. The molecule has 7 heteroatoms. The van der Waals surface area contributed by atoms with Gasteiger partial charge in [-0.3, -0.25) is 4.90 Å². The molecule has 0 radical (unpaired) electrons. The average Bonchev–Trinajstić information content (AvgIpc) is 3.08. The van der Waals surface area contributed by atoms with E-state index in [4.69, 9.17) is 4.74 Å². The quantitative estimate of drug-likeness (QED) is 0.833. The van der Waals surface area contributed by atoms with Crippen molar-refractivity contribution in [1.29, 1.82) is 0 Å². The van der Waals surface area contributed by atoms with Crippen molar-refractivity contribution < 1.29 is 13.2 Å². The fraction of sp³-hybridized carbons (Fsp3) is 0.625. The Morgan fingerprint density at radius 2 is 1.87 bits per heavy atom. The van der Waals surface area contributed by atoms with E-state index in [9.17, 15) is 8.42 Å². The fourth-order valence-corrected chi connectivity index (χ4v) is 4.27. The Morgan fingerprint density at radius 3 is 2.52 bits per heavy atom. The second kappa shape index (κ2) is 7.72. The highest BCUT2D eigenvalue weighted by molar-refractivity contribution is 7.87. The second-order valence-electron chi connectivity index (χ2n) is 6.15. The molecule has 2 heterocycles. The van der Waals surface area contributed by atoms with E-state index in [-0.39, 0.29) is 0 Å². The van der Waals surface area contributed by atoms with Gasteiger partial charge in [-0.1, -0.05) is 30.3 Å². The second-order valence-corrected chi connectivity index (χ2v) is 7.90. The molecule has 2 fully saturated rings. The van der Waals surface area contributed by atoms with Crippen LogP contribution < -0.4 is 4.72 Å². The third kappa shape index (κ3) is 4.74. The number of benzene rings is 1. The van der Waals surface area contributed by atoms with Crippen LogP contribution >= 0.6 is 0 Å². The number of ether oxygens (including phenoxy) is 1. The zero-order valence-corrected chi connectivity index (χ0v) is 14.2. The summed E-state index contributed by atoms with van der Waals surface area (Å²) < 4.78 is 34.6. The molecule has 0 spiro atoms. The van der Waals surface area contributed by atoms with E-state index in [0.29, 0.717) is 25.7 Å². The van der Waals surface area contributed by atoms with E-state index in [1.165, 1.54) is 0 Å².